The van der Waals surface area contributed by atoms with Gasteiger partial charge in [0.25, 0.3) is 5.89 Å². The van der Waals surface area contributed by atoms with E-state index in [4.69, 9.17) is 9.26 Å². The molecule has 1 heterocycles. The Morgan fingerprint density at radius 2 is 2.29 bits per heavy atom. The average Bonchev–Trinajstić information content (AvgIpc) is 2.95. The lowest BCUT2D eigenvalue weighted by Gasteiger charge is -2.21. The van der Waals surface area contributed by atoms with E-state index in [1.54, 1.807) is 0 Å². The van der Waals surface area contributed by atoms with Crippen molar-refractivity contribution < 1.29 is 14.4 Å². The van der Waals surface area contributed by atoms with Crippen molar-refractivity contribution in [2.75, 3.05) is 0 Å². The van der Waals surface area contributed by atoms with Crippen LogP contribution in [-0.2, 0) is 13.0 Å². The van der Waals surface area contributed by atoms with E-state index in [1.165, 1.54) is 5.56 Å². The Morgan fingerprint density at radius 1 is 1.43 bits per heavy atom. The number of ether oxygens (including phenoxy) is 1. The first-order valence-corrected chi connectivity index (χ1v) is 7.39. The molecule has 1 aliphatic rings. The fourth-order valence-electron chi connectivity index (χ4n) is 2.55. The molecule has 1 aromatic carbocycles. The highest BCUT2D eigenvalue weighted by molar-refractivity contribution is 5.38. The van der Waals surface area contributed by atoms with E-state index in [0.717, 1.165) is 30.6 Å². The fourth-order valence-corrected chi connectivity index (χ4v) is 2.55. The summed E-state index contributed by atoms with van der Waals surface area (Å²) in [6.45, 7) is 4.27. The molecule has 1 unspecified atom stereocenters. The van der Waals surface area contributed by atoms with Gasteiger partial charge < -0.3 is 14.4 Å². The fraction of sp³-hybridized carbons (Fsp3) is 0.500. The monoisotopic (exact) mass is 288 g/mol. The van der Waals surface area contributed by atoms with Crippen molar-refractivity contribution in [1.29, 1.82) is 0 Å². The molecular weight excluding hydrogens is 268 g/mol. The van der Waals surface area contributed by atoms with Crippen molar-refractivity contribution in [3.63, 3.8) is 0 Å². The van der Waals surface area contributed by atoms with Gasteiger partial charge in [-0.05, 0) is 42.5 Å². The topological polar surface area (TPSA) is 68.4 Å². The first-order valence-electron chi connectivity index (χ1n) is 7.39. The molecule has 0 fully saturated rings. The molecule has 21 heavy (non-hydrogen) atoms. The summed E-state index contributed by atoms with van der Waals surface area (Å²) < 4.78 is 10.8. The first kappa shape index (κ1) is 14.1. The van der Waals surface area contributed by atoms with Crippen molar-refractivity contribution >= 4 is 0 Å². The van der Waals surface area contributed by atoms with Crippen molar-refractivity contribution in [1.82, 2.24) is 10.1 Å². The van der Waals surface area contributed by atoms with Gasteiger partial charge in [-0.15, -0.1) is 0 Å². The van der Waals surface area contributed by atoms with Crippen LogP contribution in [0.4, 0.5) is 0 Å². The Hall–Kier alpha value is -1.88. The molecule has 1 aromatic heterocycles. The van der Waals surface area contributed by atoms with Gasteiger partial charge in [0.05, 0.1) is 6.10 Å². The molecule has 1 atom stereocenters. The average molecular weight is 288 g/mol. The quantitative estimate of drug-likeness (QED) is 0.936. The molecule has 1 N–H and O–H groups in total. The maximum atomic E-state index is 10.0. The van der Waals surface area contributed by atoms with Crippen LogP contribution in [0.25, 0.3) is 0 Å². The van der Waals surface area contributed by atoms with Crippen LogP contribution in [0.15, 0.2) is 22.7 Å². The normalized spacial score (nSPS) is 17.8. The zero-order chi connectivity index (χ0) is 14.8. The lowest BCUT2D eigenvalue weighted by atomic mass is 9.89. The van der Waals surface area contributed by atoms with Crippen LogP contribution >= 0.6 is 0 Å². The summed E-state index contributed by atoms with van der Waals surface area (Å²) >= 11 is 0. The summed E-state index contributed by atoms with van der Waals surface area (Å²) in [5.74, 6) is 2.12. The molecule has 112 valence electrons. The van der Waals surface area contributed by atoms with Gasteiger partial charge in [0.15, 0.2) is 12.4 Å². The molecule has 5 nitrogen and oxygen atoms in total. The number of aryl methyl sites for hydroxylation is 1. The standard InChI is InChI=1S/C16H20N2O3/c1-10(2)16-17-15(21-18-16)9-20-12-7-6-11-4-3-5-14(19)13(11)8-12/h6-8,10,14,19H,3-5,9H2,1-2H3. The Balaban J connectivity index is 1.69. The highest BCUT2D eigenvalue weighted by atomic mass is 16.5. The van der Waals surface area contributed by atoms with Crippen molar-refractivity contribution in [2.24, 2.45) is 0 Å². The molecule has 3 rings (SSSR count). The van der Waals surface area contributed by atoms with E-state index in [1.807, 2.05) is 32.0 Å². The minimum absolute atomic E-state index is 0.237. The third kappa shape index (κ3) is 3.08. The van der Waals surface area contributed by atoms with Gasteiger partial charge >= 0.3 is 0 Å². The number of benzene rings is 1. The number of nitrogens with zero attached hydrogens (tertiary/aromatic N) is 2. The predicted octanol–water partition coefficient (Wildman–Crippen LogP) is 3.14. The summed E-state index contributed by atoms with van der Waals surface area (Å²) in [6, 6.07) is 5.87. The summed E-state index contributed by atoms with van der Waals surface area (Å²) in [4.78, 5) is 4.28. The molecule has 0 saturated carbocycles. The third-order valence-corrected chi connectivity index (χ3v) is 3.76. The Labute approximate surface area is 123 Å². The van der Waals surface area contributed by atoms with E-state index < -0.39 is 0 Å². The molecule has 0 aliphatic heterocycles. The number of aliphatic hydroxyl groups is 1. The van der Waals surface area contributed by atoms with E-state index in [-0.39, 0.29) is 18.6 Å². The number of hydrogen-bond donors (Lipinski definition) is 1. The summed E-state index contributed by atoms with van der Waals surface area (Å²) in [5.41, 5.74) is 2.19. The highest BCUT2D eigenvalue weighted by Crippen LogP contribution is 2.32. The van der Waals surface area contributed by atoms with E-state index >= 15 is 0 Å². The van der Waals surface area contributed by atoms with E-state index in [0.29, 0.717) is 11.7 Å². The number of aliphatic hydroxyl groups excluding tert-OH is 1. The second-order valence-corrected chi connectivity index (χ2v) is 5.76. The summed E-state index contributed by atoms with van der Waals surface area (Å²) in [7, 11) is 0. The SMILES string of the molecule is CC(C)c1noc(COc2ccc3c(c2)C(O)CCC3)n1. The maximum absolute atomic E-state index is 10.0. The second-order valence-electron chi connectivity index (χ2n) is 5.76. The first-order chi connectivity index (χ1) is 10.1. The van der Waals surface area contributed by atoms with Crippen LogP contribution in [0.3, 0.4) is 0 Å². The largest absolute Gasteiger partial charge is 0.484 e. The van der Waals surface area contributed by atoms with Crippen LogP contribution in [0, 0.1) is 0 Å². The van der Waals surface area contributed by atoms with Crippen LogP contribution in [0.2, 0.25) is 0 Å². The van der Waals surface area contributed by atoms with Gasteiger partial charge in [0.2, 0.25) is 0 Å². The van der Waals surface area contributed by atoms with Gasteiger partial charge in [0.1, 0.15) is 5.75 Å². The number of rotatable bonds is 4. The third-order valence-electron chi connectivity index (χ3n) is 3.76. The van der Waals surface area contributed by atoms with Gasteiger partial charge in [0, 0.05) is 5.92 Å². The number of aromatic nitrogens is 2. The zero-order valence-corrected chi connectivity index (χ0v) is 12.4. The molecule has 0 amide bonds. The van der Waals surface area contributed by atoms with Crippen LogP contribution in [0.1, 0.15) is 61.6 Å². The number of hydrogen-bond acceptors (Lipinski definition) is 5. The Kier molecular flexibility index (Phi) is 3.92. The number of fused-ring (bicyclic) bond motifs is 1. The second kappa shape index (κ2) is 5.85. The molecule has 0 bridgehead atoms. The van der Waals surface area contributed by atoms with Crippen LogP contribution in [-0.4, -0.2) is 15.2 Å². The van der Waals surface area contributed by atoms with Crippen LogP contribution < -0.4 is 4.74 Å². The molecule has 5 heteroatoms. The molecule has 0 radical (unpaired) electrons. The lowest BCUT2D eigenvalue weighted by Crippen LogP contribution is -2.09. The maximum Gasteiger partial charge on any atom is 0.264 e. The summed E-state index contributed by atoms with van der Waals surface area (Å²) in [5, 5.41) is 13.9. The van der Waals surface area contributed by atoms with Gasteiger partial charge in [-0.2, -0.15) is 4.98 Å². The molecular formula is C16H20N2O3. The van der Waals surface area contributed by atoms with Crippen molar-refractivity contribution in [3.05, 3.63) is 41.0 Å². The molecule has 2 aromatic rings. The van der Waals surface area contributed by atoms with Crippen molar-refractivity contribution in [3.8, 4) is 5.75 Å². The molecule has 0 saturated heterocycles. The minimum Gasteiger partial charge on any atom is -0.484 e. The van der Waals surface area contributed by atoms with Crippen LogP contribution in [0.5, 0.6) is 5.75 Å². The van der Waals surface area contributed by atoms with Gasteiger partial charge in [-0.25, -0.2) is 0 Å². The Morgan fingerprint density at radius 3 is 3.05 bits per heavy atom. The highest BCUT2D eigenvalue weighted by Gasteiger charge is 2.18. The smallest absolute Gasteiger partial charge is 0.264 e. The molecule has 0 spiro atoms. The molecule has 1 aliphatic carbocycles. The Bertz CT molecular complexity index is 622. The van der Waals surface area contributed by atoms with Crippen molar-refractivity contribution in [2.45, 2.75) is 51.7 Å². The predicted molar refractivity (Wildman–Crippen MR) is 77.1 cm³/mol. The summed E-state index contributed by atoms with van der Waals surface area (Å²) in [6.07, 6.45) is 2.49. The van der Waals surface area contributed by atoms with E-state index in [2.05, 4.69) is 10.1 Å². The van der Waals surface area contributed by atoms with E-state index in [9.17, 15) is 5.11 Å². The lowest BCUT2D eigenvalue weighted by molar-refractivity contribution is 0.155. The van der Waals surface area contributed by atoms with Gasteiger partial charge in [-0.3, -0.25) is 0 Å². The zero-order valence-electron chi connectivity index (χ0n) is 12.4. The van der Waals surface area contributed by atoms with Gasteiger partial charge in [-0.1, -0.05) is 25.1 Å². The minimum atomic E-state index is -0.381.